The Balaban J connectivity index is 0.000000292. The Morgan fingerprint density at radius 3 is 2.27 bits per heavy atom. The summed E-state index contributed by atoms with van der Waals surface area (Å²) in [5.41, 5.74) is 0.479. The van der Waals surface area contributed by atoms with Crippen LogP contribution in [0, 0.1) is 0 Å². The fourth-order valence-corrected chi connectivity index (χ4v) is 0.446. The zero-order chi connectivity index (χ0) is 8.53. The van der Waals surface area contributed by atoms with Crippen LogP contribution in [0.15, 0.2) is 24.4 Å². The van der Waals surface area contributed by atoms with Crippen LogP contribution in [-0.4, -0.2) is 22.8 Å². The Morgan fingerprint density at radius 2 is 2.00 bits per heavy atom. The number of hydrogen-bond donors (Lipinski definition) is 1. The standard InChI is InChI=1S/C6H5NO.CH2O2/c8-5-6-3-1-2-4-7-6;2-1-3/h1-5H;1H,(H,2,3). The summed E-state index contributed by atoms with van der Waals surface area (Å²) >= 11 is 0. The molecular weight excluding hydrogens is 146 g/mol. The molecule has 58 valence electrons. The third-order valence-electron chi connectivity index (χ3n) is 0.809. The minimum atomic E-state index is -0.250. The van der Waals surface area contributed by atoms with Gasteiger partial charge < -0.3 is 5.11 Å². The van der Waals surface area contributed by atoms with E-state index in [2.05, 4.69) is 4.98 Å². The lowest BCUT2D eigenvalue weighted by Gasteiger charge is -1.81. The maximum atomic E-state index is 9.94. The number of aromatic nitrogens is 1. The van der Waals surface area contributed by atoms with Crippen LogP contribution in [0.5, 0.6) is 0 Å². The van der Waals surface area contributed by atoms with Crippen LogP contribution in [0.1, 0.15) is 10.5 Å². The molecule has 1 heterocycles. The van der Waals surface area contributed by atoms with Gasteiger partial charge in [0.05, 0.1) is 0 Å². The highest BCUT2D eigenvalue weighted by molar-refractivity contribution is 5.71. The molecule has 0 saturated heterocycles. The summed E-state index contributed by atoms with van der Waals surface area (Å²) in [5.74, 6) is 0. The lowest BCUT2D eigenvalue weighted by molar-refractivity contribution is -0.122. The van der Waals surface area contributed by atoms with Crippen molar-refractivity contribution in [2.75, 3.05) is 0 Å². The fraction of sp³-hybridized carbons (Fsp3) is 0. The smallest absolute Gasteiger partial charge is 0.290 e. The van der Waals surface area contributed by atoms with Crippen molar-refractivity contribution in [3.63, 3.8) is 0 Å². The maximum absolute atomic E-state index is 9.94. The lowest BCUT2D eigenvalue weighted by Crippen LogP contribution is -1.80. The minimum Gasteiger partial charge on any atom is -0.483 e. The second-order valence-corrected chi connectivity index (χ2v) is 1.48. The molecule has 0 atom stereocenters. The molecule has 0 spiro atoms. The van der Waals surface area contributed by atoms with Gasteiger partial charge in [-0.2, -0.15) is 0 Å². The molecule has 1 aromatic rings. The van der Waals surface area contributed by atoms with E-state index in [1.807, 2.05) is 0 Å². The van der Waals surface area contributed by atoms with Gasteiger partial charge in [0.15, 0.2) is 6.29 Å². The Bertz CT molecular complexity index is 210. The van der Waals surface area contributed by atoms with Gasteiger partial charge in [-0.3, -0.25) is 14.6 Å². The third-order valence-corrected chi connectivity index (χ3v) is 0.809. The largest absolute Gasteiger partial charge is 0.483 e. The summed E-state index contributed by atoms with van der Waals surface area (Å²) in [7, 11) is 0. The highest BCUT2D eigenvalue weighted by Crippen LogP contribution is 1.85. The van der Waals surface area contributed by atoms with E-state index in [0.29, 0.717) is 5.69 Å². The molecule has 11 heavy (non-hydrogen) atoms. The van der Waals surface area contributed by atoms with Crippen molar-refractivity contribution in [3.05, 3.63) is 30.1 Å². The van der Waals surface area contributed by atoms with Crippen molar-refractivity contribution in [2.24, 2.45) is 0 Å². The molecular formula is C7H7NO3. The topological polar surface area (TPSA) is 67.3 Å². The van der Waals surface area contributed by atoms with E-state index < -0.39 is 0 Å². The van der Waals surface area contributed by atoms with E-state index >= 15 is 0 Å². The summed E-state index contributed by atoms with van der Waals surface area (Å²) in [6.07, 6.45) is 2.31. The number of carboxylic acid groups (broad SMARTS) is 1. The number of carbonyl (C=O) groups excluding carboxylic acids is 1. The van der Waals surface area contributed by atoms with E-state index in [-0.39, 0.29) is 6.47 Å². The molecule has 1 aromatic heterocycles. The van der Waals surface area contributed by atoms with Crippen LogP contribution in [-0.2, 0) is 4.79 Å². The average Bonchev–Trinajstić information content (AvgIpc) is 2.08. The van der Waals surface area contributed by atoms with E-state index in [9.17, 15) is 4.79 Å². The highest BCUT2D eigenvalue weighted by atomic mass is 16.3. The van der Waals surface area contributed by atoms with Gasteiger partial charge in [0, 0.05) is 6.20 Å². The molecule has 0 aliphatic heterocycles. The Hall–Kier alpha value is -1.71. The molecule has 4 heteroatoms. The second kappa shape index (κ2) is 6.41. The first-order chi connectivity index (χ1) is 5.35. The van der Waals surface area contributed by atoms with Gasteiger partial charge in [0.2, 0.25) is 0 Å². The Morgan fingerprint density at radius 1 is 1.36 bits per heavy atom. The predicted octanol–water partition coefficient (Wildman–Crippen LogP) is 0.595. The predicted molar refractivity (Wildman–Crippen MR) is 38.3 cm³/mol. The molecule has 0 unspecified atom stereocenters. The van der Waals surface area contributed by atoms with Crippen LogP contribution in [0.25, 0.3) is 0 Å². The minimum absolute atomic E-state index is 0.250. The molecule has 0 radical (unpaired) electrons. The van der Waals surface area contributed by atoms with Gasteiger partial charge in [-0.1, -0.05) is 6.07 Å². The first kappa shape index (κ1) is 9.29. The van der Waals surface area contributed by atoms with Gasteiger partial charge >= 0.3 is 0 Å². The van der Waals surface area contributed by atoms with E-state index in [0.717, 1.165) is 6.29 Å². The Labute approximate surface area is 63.5 Å². The molecule has 0 aromatic carbocycles. The quantitative estimate of drug-likeness (QED) is 0.599. The molecule has 1 N–H and O–H groups in total. The van der Waals surface area contributed by atoms with Gasteiger partial charge in [-0.25, -0.2) is 0 Å². The first-order valence-corrected chi connectivity index (χ1v) is 2.79. The summed E-state index contributed by atoms with van der Waals surface area (Å²) in [6.45, 7) is -0.250. The molecule has 4 nitrogen and oxygen atoms in total. The first-order valence-electron chi connectivity index (χ1n) is 2.79. The number of hydrogen-bond acceptors (Lipinski definition) is 3. The zero-order valence-electron chi connectivity index (χ0n) is 5.68. The number of nitrogens with zero attached hydrogens (tertiary/aromatic N) is 1. The third kappa shape index (κ3) is 4.77. The lowest BCUT2D eigenvalue weighted by atomic mass is 10.4. The summed E-state index contributed by atoms with van der Waals surface area (Å²) in [5, 5.41) is 6.89. The van der Waals surface area contributed by atoms with E-state index in [4.69, 9.17) is 9.90 Å². The van der Waals surface area contributed by atoms with Gasteiger partial charge in [0.1, 0.15) is 5.69 Å². The molecule has 0 aliphatic carbocycles. The van der Waals surface area contributed by atoms with Crippen LogP contribution in [0.4, 0.5) is 0 Å². The summed E-state index contributed by atoms with van der Waals surface area (Å²) < 4.78 is 0. The Kier molecular flexibility index (Phi) is 5.41. The van der Waals surface area contributed by atoms with E-state index in [1.165, 1.54) is 0 Å². The SMILES string of the molecule is O=CO.O=Cc1ccccn1. The van der Waals surface area contributed by atoms with Crippen molar-refractivity contribution in [2.45, 2.75) is 0 Å². The van der Waals surface area contributed by atoms with Crippen molar-refractivity contribution in [1.29, 1.82) is 0 Å². The molecule has 0 saturated carbocycles. The highest BCUT2D eigenvalue weighted by Gasteiger charge is 1.81. The van der Waals surface area contributed by atoms with Crippen LogP contribution < -0.4 is 0 Å². The number of rotatable bonds is 1. The number of carbonyl (C=O) groups is 2. The monoisotopic (exact) mass is 153 g/mol. The van der Waals surface area contributed by atoms with Crippen molar-refractivity contribution < 1.29 is 14.7 Å². The summed E-state index contributed by atoms with van der Waals surface area (Å²) in [4.78, 5) is 22.0. The number of aldehydes is 1. The van der Waals surface area contributed by atoms with Crippen molar-refractivity contribution in [3.8, 4) is 0 Å². The number of pyridine rings is 1. The van der Waals surface area contributed by atoms with E-state index in [1.54, 1.807) is 24.4 Å². The van der Waals surface area contributed by atoms with Crippen LogP contribution in [0.3, 0.4) is 0 Å². The normalized spacial score (nSPS) is 7.27. The zero-order valence-corrected chi connectivity index (χ0v) is 5.68. The maximum Gasteiger partial charge on any atom is 0.290 e. The fourth-order valence-electron chi connectivity index (χ4n) is 0.446. The molecule has 0 amide bonds. The molecule has 1 rings (SSSR count). The van der Waals surface area contributed by atoms with Crippen molar-refractivity contribution in [1.82, 2.24) is 4.98 Å². The molecule has 0 bridgehead atoms. The van der Waals surface area contributed by atoms with Gasteiger partial charge in [-0.05, 0) is 12.1 Å². The van der Waals surface area contributed by atoms with Gasteiger partial charge in [-0.15, -0.1) is 0 Å². The average molecular weight is 153 g/mol. The van der Waals surface area contributed by atoms with Gasteiger partial charge in [0.25, 0.3) is 6.47 Å². The van der Waals surface area contributed by atoms with Crippen LogP contribution in [0.2, 0.25) is 0 Å². The molecule has 0 aliphatic rings. The summed E-state index contributed by atoms with van der Waals surface area (Å²) in [6, 6.07) is 5.21. The molecule has 0 fully saturated rings. The van der Waals surface area contributed by atoms with Crippen molar-refractivity contribution >= 4 is 12.8 Å². The second-order valence-electron chi connectivity index (χ2n) is 1.48. The van der Waals surface area contributed by atoms with Crippen LogP contribution >= 0.6 is 0 Å².